The van der Waals surface area contributed by atoms with Gasteiger partial charge in [-0.25, -0.2) is 4.79 Å². The van der Waals surface area contributed by atoms with E-state index in [-0.39, 0.29) is 17.6 Å². The Labute approximate surface area is 95.2 Å². The van der Waals surface area contributed by atoms with Crippen LogP contribution in [0.15, 0.2) is 12.2 Å². The predicted molar refractivity (Wildman–Crippen MR) is 56.5 cm³/mol. The number of rotatable bonds is 3. The van der Waals surface area contributed by atoms with Crippen LogP contribution in [0.1, 0.15) is 0 Å². The van der Waals surface area contributed by atoms with Crippen LogP contribution in [0, 0.1) is 13.1 Å². The van der Waals surface area contributed by atoms with Gasteiger partial charge in [-0.2, -0.15) is 0 Å². The maximum atomic E-state index is 11.1. The summed E-state index contributed by atoms with van der Waals surface area (Å²) in [6.45, 7) is 13.4. The van der Waals surface area contributed by atoms with Crippen LogP contribution in [0.5, 0.6) is 0 Å². The van der Waals surface area contributed by atoms with Crippen LogP contribution in [0.3, 0.4) is 0 Å². The molecule has 0 spiro atoms. The summed E-state index contributed by atoms with van der Waals surface area (Å²) in [5.74, 6) is -2.31. The van der Waals surface area contributed by atoms with Crippen LogP contribution < -0.4 is 5.32 Å². The molecule has 0 saturated heterocycles. The molecule has 8 heteroatoms. The highest BCUT2D eigenvalue weighted by molar-refractivity contribution is 6.01. The fraction of sp³-hybridized carbons (Fsp3) is 0. The number of aliphatic carboxylic acids is 1. The topological polar surface area (TPSA) is 104 Å². The molecule has 0 saturated carbocycles. The molecule has 0 aromatic carbocycles. The van der Waals surface area contributed by atoms with Gasteiger partial charge < -0.3 is 14.8 Å². The molecule has 0 radical (unpaired) electrons. The first-order valence-electron chi connectivity index (χ1n) is 4.13. The Morgan fingerprint density at radius 3 is 2.53 bits per heavy atom. The second kappa shape index (κ2) is 5.09. The summed E-state index contributed by atoms with van der Waals surface area (Å²) in [6.07, 6.45) is 1.45. The summed E-state index contributed by atoms with van der Waals surface area (Å²) < 4.78 is 0. The monoisotopic (exact) mass is 231 g/mol. The van der Waals surface area contributed by atoms with Gasteiger partial charge in [0.15, 0.2) is 0 Å². The lowest BCUT2D eigenvalue weighted by atomic mass is 10.5. The van der Waals surface area contributed by atoms with Crippen LogP contribution >= 0.6 is 0 Å². The molecule has 0 aliphatic rings. The average Bonchev–Trinajstić information content (AvgIpc) is 2.68. The Balaban J connectivity index is 2.81. The van der Waals surface area contributed by atoms with Gasteiger partial charge in [-0.1, -0.05) is 18.1 Å². The largest absolute Gasteiger partial charge is 0.478 e. The summed E-state index contributed by atoms with van der Waals surface area (Å²) in [5, 5.41) is 10.5. The van der Waals surface area contributed by atoms with E-state index in [9.17, 15) is 9.59 Å². The van der Waals surface area contributed by atoms with Crippen LogP contribution in [0.4, 0.5) is 17.6 Å². The second-order valence-corrected chi connectivity index (χ2v) is 2.64. The first kappa shape index (κ1) is 11.9. The lowest BCUT2D eigenvalue weighted by Gasteiger charge is -1.89. The van der Waals surface area contributed by atoms with Crippen molar-refractivity contribution in [3.63, 3.8) is 0 Å². The Hall–Kier alpha value is -3.13. The third-order valence-electron chi connectivity index (χ3n) is 1.50. The molecule has 1 aromatic rings. The standard InChI is InChI=1S/C9H5N5O3/c1-10-7-8(11-2)14-9(13-7)12-5(15)3-4-6(16)17/h3-4H,(H,16,17)(H2,12,13,14,15)/b4-3-. The normalized spacial score (nSPS) is 9.53. The lowest BCUT2D eigenvalue weighted by molar-refractivity contribution is -0.131. The maximum absolute atomic E-state index is 11.1. The third kappa shape index (κ3) is 3.18. The molecule has 8 nitrogen and oxygen atoms in total. The number of amides is 1. The van der Waals surface area contributed by atoms with Gasteiger partial charge in [-0.15, -0.1) is 0 Å². The molecule has 84 valence electrons. The Morgan fingerprint density at radius 2 is 2.06 bits per heavy atom. The van der Waals surface area contributed by atoms with Crippen molar-refractivity contribution in [2.75, 3.05) is 5.32 Å². The number of nitrogens with one attached hydrogen (secondary N) is 2. The number of imidazole rings is 1. The van der Waals surface area contributed by atoms with Crippen molar-refractivity contribution in [3.8, 4) is 0 Å². The zero-order chi connectivity index (χ0) is 12.8. The van der Waals surface area contributed by atoms with Crippen molar-refractivity contribution in [1.82, 2.24) is 9.97 Å². The average molecular weight is 231 g/mol. The van der Waals surface area contributed by atoms with Crippen molar-refractivity contribution in [2.45, 2.75) is 0 Å². The summed E-state index contributed by atoms with van der Waals surface area (Å²) in [5.41, 5.74) is 0. The van der Waals surface area contributed by atoms with Crippen molar-refractivity contribution in [1.29, 1.82) is 0 Å². The van der Waals surface area contributed by atoms with Crippen molar-refractivity contribution < 1.29 is 14.7 Å². The van der Waals surface area contributed by atoms with Crippen LogP contribution in [0.25, 0.3) is 9.69 Å². The number of hydrogen-bond donors (Lipinski definition) is 3. The smallest absolute Gasteiger partial charge is 0.376 e. The molecule has 1 heterocycles. The molecule has 0 atom stereocenters. The molecule has 1 rings (SSSR count). The number of hydrogen-bond acceptors (Lipinski definition) is 3. The van der Waals surface area contributed by atoms with Gasteiger partial charge in [0.05, 0.1) is 0 Å². The van der Waals surface area contributed by atoms with Gasteiger partial charge in [-0.3, -0.25) is 15.1 Å². The summed E-state index contributed by atoms with van der Waals surface area (Å²) in [7, 11) is 0. The number of aromatic amines is 1. The van der Waals surface area contributed by atoms with Gasteiger partial charge in [-0.05, 0) is 0 Å². The highest BCUT2D eigenvalue weighted by Crippen LogP contribution is 2.26. The SMILES string of the molecule is [C-]#[N+]c1nc(NC(=O)/C=C\C(=O)O)[nH]c1[N+]#[C-]. The van der Waals surface area contributed by atoms with E-state index in [4.69, 9.17) is 18.3 Å². The summed E-state index contributed by atoms with van der Waals surface area (Å²) >= 11 is 0. The minimum absolute atomic E-state index is 0.0814. The van der Waals surface area contributed by atoms with Gasteiger partial charge >= 0.3 is 11.9 Å². The zero-order valence-electron chi connectivity index (χ0n) is 8.26. The van der Waals surface area contributed by atoms with Gasteiger partial charge in [0, 0.05) is 12.2 Å². The number of anilines is 1. The number of H-pyrrole nitrogens is 1. The predicted octanol–water partition coefficient (Wildman–Crippen LogP) is 1.09. The van der Waals surface area contributed by atoms with E-state index in [1.165, 1.54) is 0 Å². The first-order valence-corrected chi connectivity index (χ1v) is 4.13. The molecule has 1 amide bonds. The van der Waals surface area contributed by atoms with E-state index in [0.717, 1.165) is 6.08 Å². The molecule has 0 aliphatic carbocycles. The number of carbonyl (C=O) groups excluding carboxylic acids is 1. The minimum atomic E-state index is -1.26. The van der Waals surface area contributed by atoms with Crippen molar-refractivity contribution in [2.24, 2.45) is 0 Å². The van der Waals surface area contributed by atoms with Gasteiger partial charge in [0.25, 0.3) is 17.5 Å². The molecule has 0 fully saturated rings. The van der Waals surface area contributed by atoms with Gasteiger partial charge in [0.2, 0.25) is 0 Å². The molecule has 3 N–H and O–H groups in total. The van der Waals surface area contributed by atoms with E-state index in [2.05, 4.69) is 25.0 Å². The number of carbonyl (C=O) groups is 2. The van der Waals surface area contributed by atoms with E-state index in [1.54, 1.807) is 0 Å². The van der Waals surface area contributed by atoms with Crippen LogP contribution in [-0.4, -0.2) is 27.0 Å². The minimum Gasteiger partial charge on any atom is -0.478 e. The molecular weight excluding hydrogens is 226 g/mol. The lowest BCUT2D eigenvalue weighted by Crippen LogP contribution is -2.09. The van der Waals surface area contributed by atoms with E-state index in [0.29, 0.717) is 6.08 Å². The maximum Gasteiger partial charge on any atom is 0.376 e. The zero-order valence-corrected chi connectivity index (χ0v) is 8.26. The highest BCUT2D eigenvalue weighted by Gasteiger charge is 2.15. The summed E-state index contributed by atoms with van der Waals surface area (Å²) in [6, 6.07) is 0. The number of carboxylic acids is 1. The number of aromatic nitrogens is 2. The number of nitrogens with zero attached hydrogens (tertiary/aromatic N) is 3. The van der Waals surface area contributed by atoms with Crippen molar-refractivity contribution >= 4 is 29.5 Å². The Morgan fingerprint density at radius 1 is 1.35 bits per heavy atom. The fourth-order valence-corrected chi connectivity index (χ4v) is 0.875. The Kier molecular flexibility index (Phi) is 3.58. The fourth-order valence-electron chi connectivity index (χ4n) is 0.875. The number of carboxylic acid groups (broad SMARTS) is 1. The third-order valence-corrected chi connectivity index (χ3v) is 1.50. The van der Waals surface area contributed by atoms with Gasteiger partial charge in [0.1, 0.15) is 0 Å². The second-order valence-electron chi connectivity index (χ2n) is 2.64. The molecule has 0 aliphatic heterocycles. The molecular formula is C9H5N5O3. The summed E-state index contributed by atoms with van der Waals surface area (Å²) in [4.78, 5) is 33.3. The highest BCUT2D eigenvalue weighted by atomic mass is 16.4. The van der Waals surface area contributed by atoms with E-state index < -0.39 is 11.9 Å². The first-order chi connectivity index (χ1) is 8.06. The molecule has 17 heavy (non-hydrogen) atoms. The molecule has 0 unspecified atom stereocenters. The molecule has 0 bridgehead atoms. The Bertz CT molecular complexity index is 541. The van der Waals surface area contributed by atoms with Crippen LogP contribution in [0.2, 0.25) is 0 Å². The van der Waals surface area contributed by atoms with E-state index >= 15 is 0 Å². The quantitative estimate of drug-likeness (QED) is 0.535. The van der Waals surface area contributed by atoms with Crippen LogP contribution in [-0.2, 0) is 9.59 Å². The molecule has 1 aromatic heterocycles. The van der Waals surface area contributed by atoms with Crippen molar-refractivity contribution in [3.05, 3.63) is 35.0 Å². The van der Waals surface area contributed by atoms with E-state index in [1.807, 2.05) is 0 Å².